The van der Waals surface area contributed by atoms with Crippen molar-refractivity contribution in [3.8, 4) is 0 Å². The first kappa shape index (κ1) is 14.8. The van der Waals surface area contributed by atoms with Gasteiger partial charge in [-0.2, -0.15) is 0 Å². The minimum absolute atomic E-state index is 0.132. The average molecular weight is 308 g/mol. The predicted octanol–water partition coefficient (Wildman–Crippen LogP) is 1.77. The number of likely N-dealkylation sites (tertiary alicyclic amines) is 1. The molecule has 0 aromatic heterocycles. The van der Waals surface area contributed by atoms with E-state index in [9.17, 15) is 4.79 Å². The van der Waals surface area contributed by atoms with Gasteiger partial charge in [0.15, 0.2) is 0 Å². The van der Waals surface area contributed by atoms with Gasteiger partial charge in [0.25, 0.3) is 5.91 Å². The lowest BCUT2D eigenvalue weighted by atomic mass is 10.1. The zero-order valence-electron chi connectivity index (χ0n) is 12.4. The van der Waals surface area contributed by atoms with Gasteiger partial charge in [0.05, 0.1) is 0 Å². The van der Waals surface area contributed by atoms with Crippen molar-refractivity contribution in [3.63, 3.8) is 0 Å². The molecule has 1 amide bonds. The Morgan fingerprint density at radius 1 is 1.29 bits per heavy atom. The third kappa shape index (κ3) is 3.23. The number of amides is 1. The standard InChI is InChI=1S/C16H22ClN3O/c1-12-10-13(2-3-15(12)17)16(21)20-7-4-14(11-20)19-8-5-18-6-9-19/h2-3,10,14,18H,4-9,11H2,1H3. The van der Waals surface area contributed by atoms with Crippen LogP contribution in [0.15, 0.2) is 18.2 Å². The highest BCUT2D eigenvalue weighted by molar-refractivity contribution is 6.31. The van der Waals surface area contributed by atoms with Crippen LogP contribution in [-0.4, -0.2) is 61.0 Å². The number of carbonyl (C=O) groups excluding carboxylic acids is 1. The molecule has 1 aromatic rings. The topological polar surface area (TPSA) is 35.6 Å². The molecule has 0 saturated carbocycles. The number of piperazine rings is 1. The number of carbonyl (C=O) groups is 1. The highest BCUT2D eigenvalue weighted by Crippen LogP contribution is 2.21. The molecule has 1 atom stereocenters. The van der Waals surface area contributed by atoms with E-state index >= 15 is 0 Å². The summed E-state index contributed by atoms with van der Waals surface area (Å²) < 4.78 is 0. The Labute approximate surface area is 131 Å². The average Bonchev–Trinajstić information content (AvgIpc) is 3.00. The summed E-state index contributed by atoms with van der Waals surface area (Å²) in [7, 11) is 0. The summed E-state index contributed by atoms with van der Waals surface area (Å²) in [4.78, 5) is 17.1. The zero-order chi connectivity index (χ0) is 14.8. The van der Waals surface area contributed by atoms with Crippen LogP contribution in [-0.2, 0) is 0 Å². The lowest BCUT2D eigenvalue weighted by molar-refractivity contribution is 0.0773. The maximum absolute atomic E-state index is 12.6. The molecule has 1 unspecified atom stereocenters. The van der Waals surface area contributed by atoms with E-state index in [1.165, 1.54) is 0 Å². The SMILES string of the molecule is Cc1cc(C(=O)N2CCC(N3CCNCC3)C2)ccc1Cl. The highest BCUT2D eigenvalue weighted by atomic mass is 35.5. The van der Waals surface area contributed by atoms with Crippen LogP contribution in [0.5, 0.6) is 0 Å². The van der Waals surface area contributed by atoms with E-state index in [-0.39, 0.29) is 5.91 Å². The molecule has 2 aliphatic rings. The van der Waals surface area contributed by atoms with Gasteiger partial charge >= 0.3 is 0 Å². The maximum atomic E-state index is 12.6. The van der Waals surface area contributed by atoms with Crippen LogP contribution >= 0.6 is 11.6 Å². The van der Waals surface area contributed by atoms with E-state index < -0.39 is 0 Å². The predicted molar refractivity (Wildman–Crippen MR) is 84.9 cm³/mol. The second-order valence-electron chi connectivity index (χ2n) is 5.94. The first-order valence-corrected chi connectivity index (χ1v) is 8.03. The summed E-state index contributed by atoms with van der Waals surface area (Å²) in [6, 6.07) is 6.05. The summed E-state index contributed by atoms with van der Waals surface area (Å²) in [5.41, 5.74) is 1.71. The van der Waals surface area contributed by atoms with Gasteiger partial charge in [-0.25, -0.2) is 0 Å². The Hall–Kier alpha value is -1.10. The maximum Gasteiger partial charge on any atom is 0.253 e. The van der Waals surface area contributed by atoms with Crippen LogP contribution in [0.2, 0.25) is 5.02 Å². The molecule has 2 heterocycles. The van der Waals surface area contributed by atoms with Gasteiger partial charge in [-0.15, -0.1) is 0 Å². The molecular weight excluding hydrogens is 286 g/mol. The summed E-state index contributed by atoms with van der Waals surface area (Å²) in [5, 5.41) is 4.09. The van der Waals surface area contributed by atoms with Crippen molar-refractivity contribution in [2.45, 2.75) is 19.4 Å². The quantitative estimate of drug-likeness (QED) is 0.904. The zero-order valence-corrected chi connectivity index (χ0v) is 13.2. The van der Waals surface area contributed by atoms with Gasteiger partial charge in [-0.1, -0.05) is 11.6 Å². The van der Waals surface area contributed by atoms with Gasteiger partial charge in [0.2, 0.25) is 0 Å². The van der Waals surface area contributed by atoms with Crippen molar-refractivity contribution >= 4 is 17.5 Å². The summed E-state index contributed by atoms with van der Waals surface area (Å²) in [6.07, 6.45) is 1.08. The molecule has 1 N–H and O–H groups in total. The molecule has 0 radical (unpaired) electrons. The largest absolute Gasteiger partial charge is 0.337 e. The number of rotatable bonds is 2. The van der Waals surface area contributed by atoms with Crippen molar-refractivity contribution in [1.29, 1.82) is 0 Å². The van der Waals surface area contributed by atoms with Gasteiger partial charge in [0.1, 0.15) is 0 Å². The molecule has 4 nitrogen and oxygen atoms in total. The molecule has 2 saturated heterocycles. The number of aryl methyl sites for hydroxylation is 1. The summed E-state index contributed by atoms with van der Waals surface area (Å²) in [6.45, 7) is 7.93. The van der Waals surface area contributed by atoms with Crippen molar-refractivity contribution < 1.29 is 4.79 Å². The molecule has 0 bridgehead atoms. The Bertz CT molecular complexity index is 528. The monoisotopic (exact) mass is 307 g/mol. The highest BCUT2D eigenvalue weighted by Gasteiger charge is 2.31. The number of hydrogen-bond acceptors (Lipinski definition) is 3. The Kier molecular flexibility index (Phi) is 4.48. The molecule has 114 valence electrons. The second kappa shape index (κ2) is 6.34. The molecular formula is C16H22ClN3O. The van der Waals surface area contributed by atoms with Crippen molar-refractivity contribution in [2.24, 2.45) is 0 Å². The lowest BCUT2D eigenvalue weighted by Crippen LogP contribution is -2.49. The van der Waals surface area contributed by atoms with E-state index in [1.54, 1.807) is 0 Å². The van der Waals surface area contributed by atoms with Gasteiger partial charge in [-0.05, 0) is 37.1 Å². The molecule has 3 rings (SSSR count). The number of nitrogens with one attached hydrogen (secondary N) is 1. The Balaban J connectivity index is 1.64. The minimum atomic E-state index is 0.132. The second-order valence-corrected chi connectivity index (χ2v) is 6.35. The van der Waals surface area contributed by atoms with Crippen LogP contribution in [0.4, 0.5) is 0 Å². The van der Waals surface area contributed by atoms with E-state index in [2.05, 4.69) is 10.2 Å². The number of halogens is 1. The fourth-order valence-electron chi connectivity index (χ4n) is 3.23. The van der Waals surface area contributed by atoms with Gasteiger partial charge in [0, 0.05) is 55.9 Å². The fourth-order valence-corrected chi connectivity index (χ4v) is 3.35. The third-order valence-electron chi connectivity index (χ3n) is 4.52. The molecule has 0 spiro atoms. The fraction of sp³-hybridized carbons (Fsp3) is 0.562. The van der Waals surface area contributed by atoms with Gasteiger partial charge in [-0.3, -0.25) is 9.69 Å². The molecule has 5 heteroatoms. The smallest absolute Gasteiger partial charge is 0.253 e. The van der Waals surface area contributed by atoms with Crippen molar-refractivity contribution in [1.82, 2.24) is 15.1 Å². The summed E-state index contributed by atoms with van der Waals surface area (Å²) >= 11 is 6.03. The molecule has 2 aliphatic heterocycles. The molecule has 21 heavy (non-hydrogen) atoms. The third-order valence-corrected chi connectivity index (χ3v) is 4.95. The lowest BCUT2D eigenvalue weighted by Gasteiger charge is -2.32. The van der Waals surface area contributed by atoms with Crippen molar-refractivity contribution in [3.05, 3.63) is 34.3 Å². The van der Waals surface area contributed by atoms with Crippen molar-refractivity contribution in [2.75, 3.05) is 39.3 Å². The van der Waals surface area contributed by atoms with Crippen LogP contribution in [0.25, 0.3) is 0 Å². The van der Waals surface area contributed by atoms with Crippen LogP contribution in [0.1, 0.15) is 22.3 Å². The summed E-state index contributed by atoms with van der Waals surface area (Å²) in [5.74, 6) is 0.132. The Morgan fingerprint density at radius 3 is 2.76 bits per heavy atom. The van der Waals surface area contributed by atoms with E-state index in [4.69, 9.17) is 11.6 Å². The Morgan fingerprint density at radius 2 is 2.05 bits per heavy atom. The minimum Gasteiger partial charge on any atom is -0.337 e. The number of hydrogen-bond donors (Lipinski definition) is 1. The molecule has 1 aromatic carbocycles. The normalized spacial score (nSPS) is 23.5. The molecule has 2 fully saturated rings. The number of benzene rings is 1. The molecule has 0 aliphatic carbocycles. The van der Waals surface area contributed by atoms with Crippen LogP contribution < -0.4 is 5.32 Å². The van der Waals surface area contributed by atoms with Crippen LogP contribution in [0.3, 0.4) is 0 Å². The van der Waals surface area contributed by atoms with E-state index in [0.717, 1.165) is 56.8 Å². The first-order chi connectivity index (χ1) is 10.1. The number of nitrogens with zero attached hydrogens (tertiary/aromatic N) is 2. The van der Waals surface area contributed by atoms with Crippen LogP contribution in [0, 0.1) is 6.92 Å². The van der Waals surface area contributed by atoms with E-state index in [0.29, 0.717) is 11.1 Å². The van der Waals surface area contributed by atoms with Gasteiger partial charge < -0.3 is 10.2 Å². The first-order valence-electron chi connectivity index (χ1n) is 7.65. The van der Waals surface area contributed by atoms with E-state index in [1.807, 2.05) is 30.0 Å².